The van der Waals surface area contributed by atoms with Crippen LogP contribution in [0.3, 0.4) is 0 Å². The lowest BCUT2D eigenvalue weighted by Crippen LogP contribution is -2.60. The Bertz CT molecular complexity index is 563. The molecule has 4 atom stereocenters. The van der Waals surface area contributed by atoms with Gasteiger partial charge < -0.3 is 5.73 Å². The summed E-state index contributed by atoms with van der Waals surface area (Å²) in [5.41, 5.74) is 9.57. The van der Waals surface area contributed by atoms with Crippen molar-refractivity contribution in [3.8, 4) is 0 Å². The van der Waals surface area contributed by atoms with E-state index in [0.29, 0.717) is 11.8 Å². The summed E-state index contributed by atoms with van der Waals surface area (Å²) in [5, 5.41) is 0. The Morgan fingerprint density at radius 2 is 1.40 bits per heavy atom. The zero-order valence-corrected chi connectivity index (χ0v) is 12.3. The molecule has 1 heteroatoms. The first-order chi connectivity index (χ1) is 9.68. The van der Waals surface area contributed by atoms with Gasteiger partial charge in [-0.05, 0) is 28.9 Å². The molecule has 0 aliphatic heterocycles. The van der Waals surface area contributed by atoms with Gasteiger partial charge in [0.05, 0.1) is 0 Å². The average molecular weight is 265 g/mol. The Morgan fingerprint density at radius 1 is 0.900 bits per heavy atom. The fraction of sp³-hybridized carbons (Fsp3) is 0.368. The van der Waals surface area contributed by atoms with Crippen molar-refractivity contribution in [2.45, 2.75) is 38.1 Å². The quantitative estimate of drug-likeness (QED) is 0.879. The molecule has 4 unspecified atom stereocenters. The van der Waals surface area contributed by atoms with E-state index in [1.165, 1.54) is 11.1 Å². The van der Waals surface area contributed by atoms with Crippen LogP contribution in [0.25, 0.3) is 0 Å². The number of benzene rings is 2. The van der Waals surface area contributed by atoms with E-state index in [1.807, 2.05) is 0 Å². The van der Waals surface area contributed by atoms with Crippen molar-refractivity contribution in [2.24, 2.45) is 11.1 Å². The summed E-state index contributed by atoms with van der Waals surface area (Å²) in [6, 6.07) is 21.8. The van der Waals surface area contributed by atoms with E-state index >= 15 is 0 Å². The molecular formula is C19H23N. The maximum atomic E-state index is 6.57. The second-order valence-corrected chi connectivity index (χ2v) is 6.21. The molecule has 0 spiro atoms. The zero-order chi connectivity index (χ0) is 14.2. The molecule has 1 nitrogen and oxygen atoms in total. The molecule has 1 aliphatic carbocycles. The lowest BCUT2D eigenvalue weighted by Gasteiger charge is -2.59. The van der Waals surface area contributed by atoms with Crippen LogP contribution in [0.4, 0.5) is 0 Å². The molecule has 20 heavy (non-hydrogen) atoms. The largest absolute Gasteiger partial charge is 0.327 e. The molecule has 1 fully saturated rings. The van der Waals surface area contributed by atoms with E-state index in [1.54, 1.807) is 0 Å². The smallest absolute Gasteiger partial charge is 0.0174 e. The summed E-state index contributed by atoms with van der Waals surface area (Å²) in [7, 11) is 0. The maximum Gasteiger partial charge on any atom is 0.0174 e. The number of hydrogen-bond acceptors (Lipinski definition) is 1. The topological polar surface area (TPSA) is 26.0 Å². The summed E-state index contributed by atoms with van der Waals surface area (Å²) in [6.07, 6.45) is 1.12. The predicted molar refractivity (Wildman–Crippen MR) is 84.7 cm³/mol. The van der Waals surface area contributed by atoms with E-state index in [-0.39, 0.29) is 11.5 Å². The van der Waals surface area contributed by atoms with Gasteiger partial charge in [-0.25, -0.2) is 0 Å². The molecule has 2 aromatic carbocycles. The first kappa shape index (κ1) is 13.4. The molecule has 0 heterocycles. The minimum atomic E-state index is 0.196. The normalized spacial score (nSPS) is 32.6. The predicted octanol–water partition coefficient (Wildman–Crippen LogP) is 4.31. The Morgan fingerprint density at radius 3 is 1.90 bits per heavy atom. The molecule has 1 aliphatic rings. The van der Waals surface area contributed by atoms with Gasteiger partial charge in [0.1, 0.15) is 0 Å². The Kier molecular flexibility index (Phi) is 3.39. The minimum absolute atomic E-state index is 0.196. The average Bonchev–Trinajstić information content (AvgIpc) is 2.52. The molecular weight excluding hydrogens is 242 g/mol. The lowest BCUT2D eigenvalue weighted by atomic mass is 9.47. The fourth-order valence-electron chi connectivity index (χ4n) is 3.90. The summed E-state index contributed by atoms with van der Waals surface area (Å²) in [6.45, 7) is 4.60. The fourth-order valence-corrected chi connectivity index (χ4v) is 3.90. The highest BCUT2D eigenvalue weighted by atomic mass is 14.8. The van der Waals surface area contributed by atoms with Gasteiger partial charge in [0.25, 0.3) is 0 Å². The third kappa shape index (κ3) is 1.89. The van der Waals surface area contributed by atoms with Crippen molar-refractivity contribution >= 4 is 0 Å². The Hall–Kier alpha value is -1.60. The molecule has 0 bridgehead atoms. The molecule has 0 radical (unpaired) electrons. The van der Waals surface area contributed by atoms with Crippen LogP contribution in [-0.4, -0.2) is 6.04 Å². The van der Waals surface area contributed by atoms with Crippen molar-refractivity contribution in [3.63, 3.8) is 0 Å². The van der Waals surface area contributed by atoms with Crippen LogP contribution in [0, 0.1) is 5.41 Å². The monoisotopic (exact) mass is 265 g/mol. The van der Waals surface area contributed by atoms with Crippen LogP contribution >= 0.6 is 0 Å². The summed E-state index contributed by atoms with van der Waals surface area (Å²) in [4.78, 5) is 0. The highest BCUT2D eigenvalue weighted by molar-refractivity contribution is 5.39. The van der Waals surface area contributed by atoms with Gasteiger partial charge in [-0.1, -0.05) is 74.5 Å². The van der Waals surface area contributed by atoms with Gasteiger partial charge in [0, 0.05) is 12.0 Å². The second kappa shape index (κ2) is 5.06. The van der Waals surface area contributed by atoms with Crippen molar-refractivity contribution < 1.29 is 0 Å². The van der Waals surface area contributed by atoms with E-state index in [9.17, 15) is 0 Å². The summed E-state index contributed by atoms with van der Waals surface area (Å²) >= 11 is 0. The van der Waals surface area contributed by atoms with Crippen LogP contribution < -0.4 is 5.73 Å². The van der Waals surface area contributed by atoms with E-state index < -0.39 is 0 Å². The molecule has 3 rings (SSSR count). The summed E-state index contributed by atoms with van der Waals surface area (Å²) in [5.74, 6) is 0.953. The van der Waals surface area contributed by atoms with Gasteiger partial charge in [-0.3, -0.25) is 0 Å². The highest BCUT2D eigenvalue weighted by Crippen LogP contribution is 2.61. The second-order valence-electron chi connectivity index (χ2n) is 6.21. The highest BCUT2D eigenvalue weighted by Gasteiger charge is 2.56. The third-order valence-corrected chi connectivity index (χ3v) is 5.32. The van der Waals surface area contributed by atoms with E-state index in [2.05, 4.69) is 74.5 Å². The van der Waals surface area contributed by atoms with Gasteiger partial charge in [0.2, 0.25) is 0 Å². The van der Waals surface area contributed by atoms with E-state index in [4.69, 9.17) is 5.73 Å². The number of rotatable bonds is 3. The lowest BCUT2D eigenvalue weighted by molar-refractivity contribution is 0.0382. The molecule has 1 saturated carbocycles. The zero-order valence-electron chi connectivity index (χ0n) is 12.3. The standard InChI is InChI=1S/C19H23N/c1-3-19(2)17(15-12-8-5-9-13-15)16(18(19)20)14-10-6-4-7-11-14/h4-13,16-18H,3,20H2,1-2H3. The molecule has 0 saturated heterocycles. The minimum Gasteiger partial charge on any atom is -0.327 e. The van der Waals surface area contributed by atoms with Crippen LogP contribution in [0.15, 0.2) is 60.7 Å². The number of nitrogens with two attached hydrogens (primary N) is 1. The maximum absolute atomic E-state index is 6.57. The molecule has 2 N–H and O–H groups in total. The molecule has 0 aromatic heterocycles. The van der Waals surface area contributed by atoms with Crippen LogP contribution in [0.5, 0.6) is 0 Å². The van der Waals surface area contributed by atoms with Crippen LogP contribution in [0.2, 0.25) is 0 Å². The van der Waals surface area contributed by atoms with Crippen molar-refractivity contribution in [3.05, 3.63) is 71.8 Å². The van der Waals surface area contributed by atoms with E-state index in [0.717, 1.165) is 6.42 Å². The number of hydrogen-bond donors (Lipinski definition) is 1. The first-order valence-corrected chi connectivity index (χ1v) is 7.54. The van der Waals surface area contributed by atoms with Crippen LogP contribution in [0.1, 0.15) is 43.2 Å². The first-order valence-electron chi connectivity index (χ1n) is 7.54. The summed E-state index contributed by atoms with van der Waals surface area (Å²) < 4.78 is 0. The van der Waals surface area contributed by atoms with Crippen LogP contribution in [-0.2, 0) is 0 Å². The molecule has 104 valence electrons. The Balaban J connectivity index is 2.02. The molecule has 0 amide bonds. The van der Waals surface area contributed by atoms with Gasteiger partial charge in [-0.2, -0.15) is 0 Å². The van der Waals surface area contributed by atoms with Crippen molar-refractivity contribution in [1.82, 2.24) is 0 Å². The SMILES string of the molecule is CCC1(C)C(N)C(c2ccccc2)C1c1ccccc1. The van der Waals surface area contributed by atoms with Crippen molar-refractivity contribution in [1.29, 1.82) is 0 Å². The van der Waals surface area contributed by atoms with Gasteiger partial charge in [0.15, 0.2) is 0 Å². The van der Waals surface area contributed by atoms with Gasteiger partial charge >= 0.3 is 0 Å². The molecule has 2 aromatic rings. The third-order valence-electron chi connectivity index (χ3n) is 5.32. The Labute approximate surface area is 121 Å². The van der Waals surface area contributed by atoms with Gasteiger partial charge in [-0.15, -0.1) is 0 Å². The van der Waals surface area contributed by atoms with Crippen molar-refractivity contribution in [2.75, 3.05) is 0 Å².